The van der Waals surface area contributed by atoms with E-state index in [9.17, 15) is 0 Å². The van der Waals surface area contributed by atoms with Crippen LogP contribution in [-0.2, 0) is 0 Å². The van der Waals surface area contributed by atoms with Crippen molar-refractivity contribution in [2.45, 2.75) is 45.6 Å². The van der Waals surface area contributed by atoms with E-state index in [4.69, 9.17) is 11.1 Å². The predicted molar refractivity (Wildman–Crippen MR) is 60.5 cm³/mol. The number of nitrogens with two attached hydrogens (primary N) is 1. The second kappa shape index (κ2) is 5.35. The van der Waals surface area contributed by atoms with Crippen LogP contribution in [0, 0.1) is 17.2 Å². The van der Waals surface area contributed by atoms with Gasteiger partial charge in [-0.3, -0.25) is 5.41 Å². The van der Waals surface area contributed by atoms with Crippen molar-refractivity contribution in [1.29, 1.82) is 5.41 Å². The Bertz CT molecular complexity index is 181. The molecule has 1 aliphatic carbocycles. The summed E-state index contributed by atoms with van der Waals surface area (Å²) in [6, 6.07) is 0.584. The molecule has 0 unspecified atom stereocenters. The second-order valence-corrected chi connectivity index (χ2v) is 4.74. The fourth-order valence-electron chi connectivity index (χ4n) is 2.08. The summed E-state index contributed by atoms with van der Waals surface area (Å²) in [6.45, 7) is 5.49. The molecule has 0 radical (unpaired) electrons. The Morgan fingerprint density at radius 3 is 2.36 bits per heavy atom. The van der Waals surface area contributed by atoms with Crippen molar-refractivity contribution < 1.29 is 0 Å². The third-order valence-electron chi connectivity index (χ3n) is 3.10. The average Bonchev–Trinajstić information content (AvgIpc) is 2.15. The Labute approximate surface area is 87.0 Å². The minimum absolute atomic E-state index is 0.366. The Balaban J connectivity index is 2.19. The molecule has 1 rings (SSSR count). The number of rotatable bonds is 4. The quantitative estimate of drug-likeness (QED) is 0.475. The van der Waals surface area contributed by atoms with Crippen LogP contribution < -0.4 is 11.1 Å². The van der Waals surface area contributed by atoms with Crippen LogP contribution in [0.2, 0.25) is 0 Å². The molecule has 0 atom stereocenters. The summed E-state index contributed by atoms with van der Waals surface area (Å²) >= 11 is 0. The molecule has 82 valence electrons. The molecule has 0 aromatic rings. The third kappa shape index (κ3) is 3.66. The van der Waals surface area contributed by atoms with Crippen molar-refractivity contribution >= 4 is 5.84 Å². The molecule has 0 spiro atoms. The molecule has 0 aromatic heterocycles. The van der Waals surface area contributed by atoms with E-state index in [-0.39, 0.29) is 0 Å². The molecule has 14 heavy (non-hydrogen) atoms. The lowest BCUT2D eigenvalue weighted by Crippen LogP contribution is -2.33. The van der Waals surface area contributed by atoms with Crippen LogP contribution in [0.4, 0.5) is 0 Å². The van der Waals surface area contributed by atoms with Gasteiger partial charge in [-0.05, 0) is 38.1 Å². The van der Waals surface area contributed by atoms with Crippen molar-refractivity contribution in [3.05, 3.63) is 0 Å². The zero-order valence-corrected chi connectivity index (χ0v) is 9.34. The highest BCUT2D eigenvalue weighted by atomic mass is 14.9. The first-order valence-electron chi connectivity index (χ1n) is 5.67. The van der Waals surface area contributed by atoms with E-state index in [0.717, 1.165) is 25.3 Å². The van der Waals surface area contributed by atoms with Gasteiger partial charge in [-0.25, -0.2) is 0 Å². The van der Waals surface area contributed by atoms with Crippen LogP contribution in [0.25, 0.3) is 0 Å². The van der Waals surface area contributed by atoms with Crippen LogP contribution in [0.5, 0.6) is 0 Å². The molecule has 0 aromatic carbocycles. The largest absolute Gasteiger partial charge is 0.387 e. The highest BCUT2D eigenvalue weighted by Crippen LogP contribution is 2.28. The van der Waals surface area contributed by atoms with Crippen molar-refractivity contribution in [1.82, 2.24) is 5.32 Å². The molecule has 3 heteroatoms. The molecule has 0 heterocycles. The minimum atomic E-state index is 0.366. The summed E-state index contributed by atoms with van der Waals surface area (Å²) < 4.78 is 0. The van der Waals surface area contributed by atoms with E-state index in [0.29, 0.717) is 17.8 Å². The van der Waals surface area contributed by atoms with Gasteiger partial charge in [-0.1, -0.05) is 13.8 Å². The van der Waals surface area contributed by atoms with Gasteiger partial charge in [-0.15, -0.1) is 0 Å². The van der Waals surface area contributed by atoms with Gasteiger partial charge in [0, 0.05) is 12.0 Å². The highest BCUT2D eigenvalue weighted by Gasteiger charge is 2.22. The smallest absolute Gasteiger partial charge is 0.0936 e. The second-order valence-electron chi connectivity index (χ2n) is 4.74. The number of hydrogen-bond donors (Lipinski definition) is 3. The third-order valence-corrected chi connectivity index (χ3v) is 3.10. The Kier molecular flexibility index (Phi) is 4.39. The molecule has 0 amide bonds. The van der Waals surface area contributed by atoms with Gasteiger partial charge in [0.2, 0.25) is 0 Å². The molecule has 1 aliphatic rings. The van der Waals surface area contributed by atoms with E-state index in [1.807, 2.05) is 0 Å². The molecule has 0 aliphatic heterocycles. The summed E-state index contributed by atoms with van der Waals surface area (Å²) in [5, 5.41) is 10.9. The van der Waals surface area contributed by atoms with Crippen LogP contribution in [0.1, 0.15) is 39.5 Å². The van der Waals surface area contributed by atoms with E-state index in [1.54, 1.807) is 0 Å². The number of nitrogens with one attached hydrogen (secondary N) is 2. The summed E-state index contributed by atoms with van der Waals surface area (Å²) in [7, 11) is 0. The fourth-order valence-corrected chi connectivity index (χ4v) is 2.08. The van der Waals surface area contributed by atoms with Crippen molar-refractivity contribution in [3.8, 4) is 0 Å². The highest BCUT2D eigenvalue weighted by molar-refractivity contribution is 5.79. The molecule has 3 nitrogen and oxygen atoms in total. The molecule has 0 bridgehead atoms. The number of amidine groups is 1. The van der Waals surface area contributed by atoms with Crippen LogP contribution in [0.3, 0.4) is 0 Å². The Morgan fingerprint density at radius 2 is 1.93 bits per heavy atom. The molecular formula is C11H23N3. The molecule has 0 saturated heterocycles. The first kappa shape index (κ1) is 11.5. The van der Waals surface area contributed by atoms with Gasteiger partial charge in [-0.2, -0.15) is 0 Å². The maximum absolute atomic E-state index is 7.39. The molecule has 4 N–H and O–H groups in total. The zero-order valence-electron chi connectivity index (χ0n) is 9.34. The van der Waals surface area contributed by atoms with E-state index in [1.165, 1.54) is 12.8 Å². The predicted octanol–water partition coefficient (Wildman–Crippen LogP) is 1.73. The van der Waals surface area contributed by atoms with Crippen LogP contribution >= 0.6 is 0 Å². The first-order valence-corrected chi connectivity index (χ1v) is 5.67. The molecular weight excluding hydrogens is 174 g/mol. The summed E-state index contributed by atoms with van der Waals surface area (Å²) in [5.41, 5.74) is 5.50. The SMILES string of the molecule is CC(C)NCC1CCC(C(=N)N)CC1. The lowest BCUT2D eigenvalue weighted by Gasteiger charge is -2.28. The average molecular weight is 197 g/mol. The lowest BCUT2D eigenvalue weighted by atomic mass is 9.81. The van der Waals surface area contributed by atoms with Gasteiger partial charge in [0.05, 0.1) is 5.84 Å². The maximum atomic E-state index is 7.39. The molecule has 1 fully saturated rings. The normalized spacial score (nSPS) is 27.9. The summed E-state index contributed by atoms with van der Waals surface area (Å²) in [5.74, 6) is 1.55. The zero-order chi connectivity index (χ0) is 10.6. The van der Waals surface area contributed by atoms with Gasteiger partial charge in [0.25, 0.3) is 0 Å². The molecule has 1 saturated carbocycles. The fraction of sp³-hybridized carbons (Fsp3) is 0.909. The van der Waals surface area contributed by atoms with Gasteiger partial charge >= 0.3 is 0 Å². The van der Waals surface area contributed by atoms with Gasteiger partial charge in [0.1, 0.15) is 0 Å². The van der Waals surface area contributed by atoms with E-state index in [2.05, 4.69) is 19.2 Å². The van der Waals surface area contributed by atoms with Crippen molar-refractivity contribution in [3.63, 3.8) is 0 Å². The van der Waals surface area contributed by atoms with E-state index < -0.39 is 0 Å². The minimum Gasteiger partial charge on any atom is -0.387 e. The van der Waals surface area contributed by atoms with Crippen LogP contribution in [-0.4, -0.2) is 18.4 Å². The van der Waals surface area contributed by atoms with Crippen LogP contribution in [0.15, 0.2) is 0 Å². The van der Waals surface area contributed by atoms with Gasteiger partial charge < -0.3 is 11.1 Å². The monoisotopic (exact) mass is 197 g/mol. The van der Waals surface area contributed by atoms with Gasteiger partial charge in [0.15, 0.2) is 0 Å². The van der Waals surface area contributed by atoms with Crippen molar-refractivity contribution in [2.75, 3.05) is 6.54 Å². The Hall–Kier alpha value is -0.570. The first-order chi connectivity index (χ1) is 6.59. The topological polar surface area (TPSA) is 61.9 Å². The Morgan fingerprint density at radius 1 is 1.36 bits per heavy atom. The summed E-state index contributed by atoms with van der Waals surface area (Å²) in [6.07, 6.45) is 4.67. The van der Waals surface area contributed by atoms with Crippen molar-refractivity contribution in [2.24, 2.45) is 17.6 Å². The van der Waals surface area contributed by atoms with E-state index >= 15 is 0 Å². The summed E-state index contributed by atoms with van der Waals surface area (Å²) in [4.78, 5) is 0. The lowest BCUT2D eigenvalue weighted by molar-refractivity contribution is 0.303. The standard InChI is InChI=1S/C11H23N3/c1-8(2)14-7-9-3-5-10(6-4-9)11(12)13/h8-10,14H,3-7H2,1-2H3,(H3,12,13). The maximum Gasteiger partial charge on any atom is 0.0936 e. The number of hydrogen-bond acceptors (Lipinski definition) is 2.